The first-order chi connectivity index (χ1) is 12.5. The number of furan rings is 1. The number of hydrogen-bond acceptors (Lipinski definition) is 4. The van der Waals surface area contributed by atoms with Gasteiger partial charge in [0.1, 0.15) is 11.3 Å². The first-order valence-corrected chi connectivity index (χ1v) is 8.30. The van der Waals surface area contributed by atoms with Gasteiger partial charge in [0.25, 0.3) is 0 Å². The van der Waals surface area contributed by atoms with Crippen LogP contribution in [0, 0.1) is 6.92 Å². The summed E-state index contributed by atoms with van der Waals surface area (Å²) in [6.45, 7) is 2.16. The summed E-state index contributed by atoms with van der Waals surface area (Å²) in [5, 5.41) is 14.7. The van der Waals surface area contributed by atoms with E-state index in [9.17, 15) is 4.79 Å². The summed E-state index contributed by atoms with van der Waals surface area (Å²) in [5.74, 6) is -0.411. The molecule has 0 saturated carbocycles. The molecule has 0 bridgehead atoms. The van der Waals surface area contributed by atoms with Gasteiger partial charge in [-0.3, -0.25) is 9.67 Å². The summed E-state index contributed by atoms with van der Waals surface area (Å²) in [5.41, 5.74) is 2.98. The highest BCUT2D eigenvalue weighted by Crippen LogP contribution is 2.32. The molecule has 0 aliphatic heterocycles. The number of rotatable bonds is 4. The zero-order valence-electron chi connectivity index (χ0n) is 13.8. The van der Waals surface area contributed by atoms with Crippen LogP contribution in [0.3, 0.4) is 0 Å². The first-order valence-electron chi connectivity index (χ1n) is 7.92. The Kier molecular flexibility index (Phi) is 3.97. The van der Waals surface area contributed by atoms with Gasteiger partial charge in [0.2, 0.25) is 0 Å². The molecule has 0 aliphatic carbocycles. The topological polar surface area (TPSA) is 81.1 Å². The number of nitrogens with zero attached hydrogens (tertiary/aromatic N) is 3. The predicted octanol–water partition coefficient (Wildman–Crippen LogP) is 4.40. The summed E-state index contributed by atoms with van der Waals surface area (Å²) >= 11 is 6.26. The summed E-state index contributed by atoms with van der Waals surface area (Å²) in [6, 6.07) is 12.7. The number of halogens is 1. The van der Waals surface area contributed by atoms with Crippen molar-refractivity contribution in [2.45, 2.75) is 13.5 Å². The molecule has 0 atom stereocenters. The van der Waals surface area contributed by atoms with Gasteiger partial charge in [-0.1, -0.05) is 17.7 Å². The van der Waals surface area contributed by atoms with Gasteiger partial charge in [0.15, 0.2) is 11.5 Å². The minimum absolute atomic E-state index is 0.00870. The number of fused-ring (bicyclic) bond motifs is 1. The summed E-state index contributed by atoms with van der Waals surface area (Å²) in [6.07, 6.45) is 1.71. The average Bonchev–Trinajstić information content (AvgIpc) is 3.20. The van der Waals surface area contributed by atoms with E-state index < -0.39 is 5.97 Å². The van der Waals surface area contributed by atoms with Crippen LogP contribution >= 0.6 is 11.6 Å². The lowest BCUT2D eigenvalue weighted by molar-refractivity contribution is 0.0689. The lowest BCUT2D eigenvalue weighted by Gasteiger charge is -2.06. The summed E-state index contributed by atoms with van der Waals surface area (Å²) in [4.78, 5) is 15.4. The second-order valence-electron chi connectivity index (χ2n) is 5.94. The molecule has 1 aromatic carbocycles. The number of carboxylic acid groups (broad SMARTS) is 1. The Morgan fingerprint density at radius 2 is 2.12 bits per heavy atom. The van der Waals surface area contributed by atoms with Gasteiger partial charge in [0, 0.05) is 27.9 Å². The third kappa shape index (κ3) is 2.95. The Balaban J connectivity index is 1.80. The van der Waals surface area contributed by atoms with E-state index in [0.717, 1.165) is 22.3 Å². The Bertz CT molecular complexity index is 1120. The van der Waals surface area contributed by atoms with E-state index in [1.807, 2.05) is 37.3 Å². The van der Waals surface area contributed by atoms with E-state index in [-0.39, 0.29) is 5.69 Å². The van der Waals surface area contributed by atoms with Crippen LogP contribution in [0.25, 0.3) is 22.4 Å². The lowest BCUT2D eigenvalue weighted by atomic mass is 10.1. The maximum absolute atomic E-state index is 11.1. The second kappa shape index (κ2) is 6.31. The van der Waals surface area contributed by atoms with Crippen molar-refractivity contribution in [1.29, 1.82) is 0 Å². The highest BCUT2D eigenvalue weighted by molar-refractivity contribution is 6.31. The maximum atomic E-state index is 11.1. The third-order valence-corrected chi connectivity index (χ3v) is 4.31. The molecule has 3 heterocycles. The minimum atomic E-state index is -1.06. The van der Waals surface area contributed by atoms with Crippen LogP contribution in [0.4, 0.5) is 0 Å². The van der Waals surface area contributed by atoms with Crippen LogP contribution < -0.4 is 0 Å². The maximum Gasteiger partial charge on any atom is 0.356 e. The van der Waals surface area contributed by atoms with Crippen LogP contribution in [0.2, 0.25) is 5.02 Å². The smallest absolute Gasteiger partial charge is 0.356 e. The zero-order chi connectivity index (χ0) is 18.3. The van der Waals surface area contributed by atoms with E-state index >= 15 is 0 Å². The number of aromatic nitrogens is 3. The molecular weight excluding hydrogens is 354 g/mol. The van der Waals surface area contributed by atoms with Crippen molar-refractivity contribution in [3.63, 3.8) is 0 Å². The zero-order valence-corrected chi connectivity index (χ0v) is 14.6. The number of hydrogen-bond donors (Lipinski definition) is 1. The van der Waals surface area contributed by atoms with E-state index in [1.165, 1.54) is 6.07 Å². The van der Waals surface area contributed by atoms with Crippen molar-refractivity contribution < 1.29 is 14.3 Å². The number of pyridine rings is 1. The molecule has 0 saturated heterocycles. The Morgan fingerprint density at radius 1 is 1.27 bits per heavy atom. The van der Waals surface area contributed by atoms with Crippen LogP contribution in [0.5, 0.6) is 0 Å². The van der Waals surface area contributed by atoms with Crippen molar-refractivity contribution in [1.82, 2.24) is 14.8 Å². The Labute approximate surface area is 153 Å². The van der Waals surface area contributed by atoms with Gasteiger partial charge < -0.3 is 9.52 Å². The quantitative estimate of drug-likeness (QED) is 0.578. The largest absolute Gasteiger partial charge is 0.476 e. The van der Waals surface area contributed by atoms with Gasteiger partial charge in [-0.15, -0.1) is 0 Å². The normalized spacial score (nSPS) is 11.2. The molecule has 0 fully saturated rings. The Morgan fingerprint density at radius 3 is 2.81 bits per heavy atom. The highest BCUT2D eigenvalue weighted by Gasteiger charge is 2.15. The molecule has 26 heavy (non-hydrogen) atoms. The van der Waals surface area contributed by atoms with Gasteiger partial charge >= 0.3 is 5.97 Å². The van der Waals surface area contributed by atoms with E-state index in [1.54, 1.807) is 16.9 Å². The monoisotopic (exact) mass is 367 g/mol. The third-order valence-electron chi connectivity index (χ3n) is 4.10. The molecule has 3 aromatic heterocycles. The Hall–Kier alpha value is -3.12. The fourth-order valence-electron chi connectivity index (χ4n) is 2.87. The molecule has 130 valence electrons. The molecule has 0 spiro atoms. The van der Waals surface area contributed by atoms with E-state index in [0.29, 0.717) is 22.9 Å². The lowest BCUT2D eigenvalue weighted by Crippen LogP contribution is -2.06. The second-order valence-corrected chi connectivity index (χ2v) is 6.38. The molecular formula is C19H14ClN3O3. The fraction of sp³-hybridized carbons (Fsp3) is 0.105. The van der Waals surface area contributed by atoms with Crippen molar-refractivity contribution in [3.05, 3.63) is 70.6 Å². The predicted molar refractivity (Wildman–Crippen MR) is 97.5 cm³/mol. The van der Waals surface area contributed by atoms with E-state index in [4.69, 9.17) is 21.1 Å². The molecule has 0 aliphatic rings. The van der Waals surface area contributed by atoms with Gasteiger partial charge in [-0.25, -0.2) is 4.79 Å². The number of carboxylic acids is 1. The minimum Gasteiger partial charge on any atom is -0.476 e. The summed E-state index contributed by atoms with van der Waals surface area (Å²) in [7, 11) is 0. The number of carbonyl (C=O) groups is 1. The van der Waals surface area contributed by atoms with Gasteiger partial charge in [-0.2, -0.15) is 5.10 Å². The van der Waals surface area contributed by atoms with Crippen LogP contribution in [-0.2, 0) is 6.54 Å². The van der Waals surface area contributed by atoms with Crippen LogP contribution in [0.1, 0.15) is 21.7 Å². The average molecular weight is 368 g/mol. The fourth-order valence-corrected chi connectivity index (χ4v) is 3.12. The SMILES string of the molecule is Cc1cc(C(=O)O)nn1Cc1cc(Cl)cc2cc(-c3ccccn3)oc12. The molecule has 4 aromatic rings. The molecule has 1 N–H and O–H groups in total. The molecule has 0 unspecified atom stereocenters. The van der Waals surface area contributed by atoms with Crippen molar-refractivity contribution in [3.8, 4) is 11.5 Å². The molecule has 6 nitrogen and oxygen atoms in total. The van der Waals surface area contributed by atoms with Gasteiger partial charge in [-0.05, 0) is 43.3 Å². The number of aromatic carboxylic acids is 1. The van der Waals surface area contributed by atoms with Crippen LogP contribution in [0.15, 0.2) is 53.1 Å². The molecule has 0 amide bonds. The van der Waals surface area contributed by atoms with Crippen LogP contribution in [-0.4, -0.2) is 25.8 Å². The van der Waals surface area contributed by atoms with Crippen molar-refractivity contribution in [2.24, 2.45) is 0 Å². The first kappa shape index (κ1) is 16.4. The van der Waals surface area contributed by atoms with Gasteiger partial charge in [0.05, 0.1) is 6.54 Å². The number of aryl methyl sites for hydroxylation is 1. The number of benzene rings is 1. The molecule has 0 radical (unpaired) electrons. The summed E-state index contributed by atoms with van der Waals surface area (Å²) < 4.78 is 7.65. The van der Waals surface area contributed by atoms with Crippen molar-refractivity contribution in [2.75, 3.05) is 0 Å². The van der Waals surface area contributed by atoms with Crippen molar-refractivity contribution >= 4 is 28.5 Å². The molecule has 4 rings (SSSR count). The molecule has 7 heteroatoms. The highest BCUT2D eigenvalue weighted by atomic mass is 35.5. The van der Waals surface area contributed by atoms with E-state index in [2.05, 4.69) is 10.1 Å². The standard InChI is InChI=1S/C19H14ClN3O3/c1-11-6-16(19(24)25)22-23(11)10-13-8-14(20)7-12-9-17(26-18(12)13)15-4-2-3-5-21-15/h2-9H,10H2,1H3,(H,24,25).